The molecule has 1 amide bonds. The monoisotopic (exact) mass is 488 g/mol. The van der Waals surface area contributed by atoms with Crippen LogP contribution in [0.25, 0.3) is 6.08 Å². The van der Waals surface area contributed by atoms with Crippen LogP contribution in [0.15, 0.2) is 30.3 Å². The molecule has 1 aromatic carbocycles. The molecule has 0 radical (unpaired) electrons. The summed E-state index contributed by atoms with van der Waals surface area (Å²) >= 11 is 0. The maximum absolute atomic E-state index is 13.0. The lowest BCUT2D eigenvalue weighted by Gasteiger charge is -2.31. The molecule has 0 aromatic heterocycles. The minimum Gasteiger partial charge on any atom is -0.461 e. The first kappa shape index (κ1) is 29.0. The summed E-state index contributed by atoms with van der Waals surface area (Å²) in [5.41, 5.74) is 3.58. The fourth-order valence-electron chi connectivity index (χ4n) is 4.08. The molecule has 2 rings (SSSR count). The van der Waals surface area contributed by atoms with Gasteiger partial charge in [0.15, 0.2) is 6.29 Å². The van der Waals surface area contributed by atoms with E-state index < -0.39 is 11.8 Å². The molecule has 1 fully saturated rings. The quantitative estimate of drug-likeness (QED) is 0.163. The van der Waals surface area contributed by atoms with Gasteiger partial charge in [-0.2, -0.15) is 0 Å². The molecule has 0 spiro atoms. The van der Waals surface area contributed by atoms with Crippen molar-refractivity contribution in [1.82, 2.24) is 10.8 Å². The summed E-state index contributed by atoms with van der Waals surface area (Å²) < 4.78 is 11.3. The molecule has 1 saturated carbocycles. The predicted octanol–water partition coefficient (Wildman–Crippen LogP) is 5.15. The van der Waals surface area contributed by atoms with Crippen molar-refractivity contribution in [3.05, 3.63) is 41.5 Å². The Balaban J connectivity index is 1.85. The summed E-state index contributed by atoms with van der Waals surface area (Å²) in [6.07, 6.45) is 7.58. The van der Waals surface area contributed by atoms with Crippen molar-refractivity contribution < 1.29 is 23.9 Å². The van der Waals surface area contributed by atoms with Crippen molar-refractivity contribution in [3.8, 4) is 0 Å². The molecule has 2 unspecified atom stereocenters. The van der Waals surface area contributed by atoms with Gasteiger partial charge in [0, 0.05) is 12.6 Å². The van der Waals surface area contributed by atoms with Crippen LogP contribution in [0.3, 0.4) is 0 Å². The molecule has 7 nitrogen and oxygen atoms in total. The van der Waals surface area contributed by atoms with Gasteiger partial charge >= 0.3 is 5.97 Å². The first-order valence-electron chi connectivity index (χ1n) is 12.9. The summed E-state index contributed by atoms with van der Waals surface area (Å²) in [7, 11) is 0. The van der Waals surface area contributed by atoms with Crippen LogP contribution in [-0.2, 0) is 30.4 Å². The Morgan fingerprint density at radius 2 is 1.71 bits per heavy atom. The SMILES string of the molecule is CC(C)COC(C)ONC(=O)C=Cc1ccc(CNC(C)(CC(C)C)C(=O)OC2CCCC2)cc1. The zero-order valence-electron chi connectivity index (χ0n) is 22.3. The highest BCUT2D eigenvalue weighted by Crippen LogP contribution is 2.25. The number of hydroxylamine groups is 1. The first-order valence-corrected chi connectivity index (χ1v) is 12.9. The Morgan fingerprint density at radius 3 is 2.31 bits per heavy atom. The Kier molecular flexibility index (Phi) is 11.9. The number of rotatable bonds is 14. The third kappa shape index (κ3) is 10.9. The van der Waals surface area contributed by atoms with E-state index >= 15 is 0 Å². The third-order valence-corrected chi connectivity index (χ3v) is 5.92. The predicted molar refractivity (Wildman–Crippen MR) is 138 cm³/mol. The van der Waals surface area contributed by atoms with E-state index in [0.717, 1.165) is 36.8 Å². The largest absolute Gasteiger partial charge is 0.461 e. The fraction of sp³-hybridized carbons (Fsp3) is 0.643. The zero-order valence-corrected chi connectivity index (χ0v) is 22.3. The Labute approximate surface area is 210 Å². The maximum Gasteiger partial charge on any atom is 0.326 e. The van der Waals surface area contributed by atoms with Gasteiger partial charge < -0.3 is 9.47 Å². The van der Waals surface area contributed by atoms with E-state index in [4.69, 9.17) is 14.3 Å². The molecule has 2 atom stereocenters. The number of nitrogens with one attached hydrogen (secondary N) is 2. The van der Waals surface area contributed by atoms with Crippen LogP contribution in [0, 0.1) is 11.8 Å². The molecule has 1 aliphatic carbocycles. The number of hydrogen-bond donors (Lipinski definition) is 2. The molecule has 1 aromatic rings. The lowest BCUT2D eigenvalue weighted by molar-refractivity contribution is -0.180. The second-order valence-corrected chi connectivity index (χ2v) is 10.5. The lowest BCUT2D eigenvalue weighted by atomic mass is 9.90. The molecular weight excluding hydrogens is 444 g/mol. The molecule has 196 valence electrons. The van der Waals surface area contributed by atoms with Gasteiger partial charge in [-0.1, -0.05) is 52.0 Å². The van der Waals surface area contributed by atoms with Crippen molar-refractivity contribution in [2.75, 3.05) is 6.61 Å². The van der Waals surface area contributed by atoms with E-state index in [0.29, 0.717) is 31.4 Å². The van der Waals surface area contributed by atoms with Crippen LogP contribution in [0.2, 0.25) is 0 Å². The molecule has 35 heavy (non-hydrogen) atoms. The smallest absolute Gasteiger partial charge is 0.326 e. The van der Waals surface area contributed by atoms with Gasteiger partial charge in [-0.3, -0.25) is 14.9 Å². The third-order valence-electron chi connectivity index (χ3n) is 5.92. The van der Waals surface area contributed by atoms with Crippen LogP contribution in [-0.4, -0.2) is 36.4 Å². The zero-order chi connectivity index (χ0) is 25.8. The molecule has 0 heterocycles. The summed E-state index contributed by atoms with van der Waals surface area (Å²) in [4.78, 5) is 30.2. The van der Waals surface area contributed by atoms with Gasteiger partial charge in [-0.15, -0.1) is 0 Å². The molecule has 0 saturated heterocycles. The highest BCUT2D eigenvalue weighted by atomic mass is 16.8. The van der Waals surface area contributed by atoms with E-state index in [1.54, 1.807) is 13.0 Å². The number of ether oxygens (including phenoxy) is 2. The van der Waals surface area contributed by atoms with Crippen molar-refractivity contribution in [2.24, 2.45) is 11.8 Å². The van der Waals surface area contributed by atoms with Crippen molar-refractivity contribution in [2.45, 2.75) is 98.1 Å². The van der Waals surface area contributed by atoms with Crippen LogP contribution in [0.1, 0.15) is 84.8 Å². The van der Waals surface area contributed by atoms with Crippen LogP contribution in [0.5, 0.6) is 0 Å². The summed E-state index contributed by atoms with van der Waals surface area (Å²) in [6, 6.07) is 7.85. The average molecular weight is 489 g/mol. The van der Waals surface area contributed by atoms with Crippen LogP contribution >= 0.6 is 0 Å². The van der Waals surface area contributed by atoms with E-state index in [1.807, 2.05) is 45.0 Å². The number of esters is 1. The maximum atomic E-state index is 13.0. The van der Waals surface area contributed by atoms with Gasteiger partial charge in [0.2, 0.25) is 0 Å². The standard InChI is InChI=1S/C28H44N2O5/c1-20(2)17-28(6,27(32)34-25-9-7-8-10-25)29-18-24-13-11-23(12-14-24)15-16-26(31)30-35-22(5)33-19-21(3)4/h11-16,20-22,25,29H,7-10,17-19H2,1-6H3,(H,30,31). The number of hydrogen-bond acceptors (Lipinski definition) is 6. The first-order chi connectivity index (χ1) is 16.6. The number of carbonyl (C=O) groups excluding carboxylic acids is 2. The van der Waals surface area contributed by atoms with Gasteiger partial charge in [-0.05, 0) is 75.0 Å². The lowest BCUT2D eigenvalue weighted by Crippen LogP contribution is -2.51. The second kappa shape index (κ2) is 14.4. The van der Waals surface area contributed by atoms with Gasteiger partial charge in [0.25, 0.3) is 5.91 Å². The average Bonchev–Trinajstić information content (AvgIpc) is 3.32. The normalized spacial score (nSPS) is 17.1. The summed E-state index contributed by atoms with van der Waals surface area (Å²) in [6.45, 7) is 13.1. The van der Waals surface area contributed by atoms with Gasteiger partial charge in [-0.25, -0.2) is 10.3 Å². The topological polar surface area (TPSA) is 85.9 Å². The molecular formula is C28H44N2O5. The van der Waals surface area contributed by atoms with Crippen molar-refractivity contribution in [1.29, 1.82) is 0 Å². The number of benzene rings is 1. The molecule has 7 heteroatoms. The minimum atomic E-state index is -0.733. The van der Waals surface area contributed by atoms with E-state index in [9.17, 15) is 9.59 Å². The molecule has 0 aliphatic heterocycles. The van der Waals surface area contributed by atoms with Gasteiger partial charge in [0.1, 0.15) is 11.6 Å². The highest BCUT2D eigenvalue weighted by molar-refractivity contribution is 5.90. The molecule has 2 N–H and O–H groups in total. The minimum absolute atomic E-state index is 0.0558. The Bertz CT molecular complexity index is 815. The fourth-order valence-corrected chi connectivity index (χ4v) is 4.08. The molecule has 0 bridgehead atoms. The number of amides is 1. The van der Waals surface area contributed by atoms with E-state index in [1.165, 1.54) is 6.08 Å². The van der Waals surface area contributed by atoms with Crippen LogP contribution in [0.4, 0.5) is 0 Å². The highest BCUT2D eigenvalue weighted by Gasteiger charge is 2.37. The molecule has 1 aliphatic rings. The van der Waals surface area contributed by atoms with Gasteiger partial charge in [0.05, 0.1) is 6.61 Å². The summed E-state index contributed by atoms with van der Waals surface area (Å²) in [5.74, 6) is 0.233. The Hall–Kier alpha value is -2.22. The Morgan fingerprint density at radius 1 is 1.06 bits per heavy atom. The number of carbonyl (C=O) groups is 2. The second-order valence-electron chi connectivity index (χ2n) is 10.5. The summed E-state index contributed by atoms with van der Waals surface area (Å²) in [5, 5.41) is 3.45. The van der Waals surface area contributed by atoms with Crippen LogP contribution < -0.4 is 10.8 Å². The van der Waals surface area contributed by atoms with Crippen molar-refractivity contribution in [3.63, 3.8) is 0 Å². The van der Waals surface area contributed by atoms with E-state index in [2.05, 4.69) is 24.6 Å². The van der Waals surface area contributed by atoms with Crippen molar-refractivity contribution >= 4 is 18.0 Å². The van der Waals surface area contributed by atoms with E-state index in [-0.39, 0.29) is 18.0 Å².